The number of aliphatic hydroxyl groups excluding tert-OH is 3. The lowest BCUT2D eigenvalue weighted by Crippen LogP contribution is -2.21. The summed E-state index contributed by atoms with van der Waals surface area (Å²) in [5.41, 5.74) is 0. The Morgan fingerprint density at radius 1 is 1.08 bits per heavy atom. The monoisotopic (exact) mass is 356 g/mol. The number of rotatable bonds is 13. The maximum atomic E-state index is 10.5. The smallest absolute Gasteiger partial charge is 0.303 e. The van der Waals surface area contributed by atoms with Gasteiger partial charge in [-0.2, -0.15) is 0 Å². The predicted octanol–water partition coefficient (Wildman–Crippen LogP) is 3.27. The minimum atomic E-state index is -0.753. The van der Waals surface area contributed by atoms with Crippen LogP contribution in [0.15, 0.2) is 12.2 Å². The van der Waals surface area contributed by atoms with E-state index in [1.165, 1.54) is 0 Å². The van der Waals surface area contributed by atoms with Crippen molar-refractivity contribution in [1.29, 1.82) is 0 Å². The number of unbranched alkanes of at least 4 members (excludes halogenated alkanes) is 5. The summed E-state index contributed by atoms with van der Waals surface area (Å²) in [5.74, 6) is -0.833. The molecule has 1 aliphatic carbocycles. The average Bonchev–Trinajstić information content (AvgIpc) is 2.82. The molecule has 4 N–H and O–H groups in total. The maximum absolute atomic E-state index is 10.5. The zero-order valence-electron chi connectivity index (χ0n) is 15.5. The quantitative estimate of drug-likeness (QED) is 0.300. The second-order valence-electron chi connectivity index (χ2n) is 7.41. The fourth-order valence-corrected chi connectivity index (χ4v) is 3.74. The molecule has 0 amide bonds. The van der Waals surface area contributed by atoms with Gasteiger partial charge < -0.3 is 20.4 Å². The van der Waals surface area contributed by atoms with Crippen molar-refractivity contribution >= 4 is 5.97 Å². The molecule has 1 rings (SSSR count). The van der Waals surface area contributed by atoms with Crippen molar-refractivity contribution in [2.24, 2.45) is 11.8 Å². The molecule has 5 heteroatoms. The van der Waals surface area contributed by atoms with Crippen LogP contribution in [-0.4, -0.2) is 44.7 Å². The van der Waals surface area contributed by atoms with Crippen LogP contribution < -0.4 is 0 Å². The average molecular weight is 357 g/mol. The minimum Gasteiger partial charge on any atom is -0.481 e. The van der Waals surface area contributed by atoms with E-state index in [9.17, 15) is 20.1 Å². The van der Waals surface area contributed by atoms with Gasteiger partial charge in [-0.25, -0.2) is 0 Å². The van der Waals surface area contributed by atoms with Gasteiger partial charge in [-0.15, -0.1) is 0 Å². The number of hydrogen-bond donors (Lipinski definition) is 4. The lowest BCUT2D eigenvalue weighted by molar-refractivity contribution is -0.137. The summed E-state index contributed by atoms with van der Waals surface area (Å²) in [4.78, 5) is 10.5. The molecule has 1 unspecified atom stereocenters. The molecule has 146 valence electrons. The van der Waals surface area contributed by atoms with Crippen LogP contribution in [0.4, 0.5) is 0 Å². The number of aliphatic carboxylic acids is 1. The van der Waals surface area contributed by atoms with Gasteiger partial charge in [0, 0.05) is 18.8 Å². The van der Waals surface area contributed by atoms with Crippen LogP contribution in [-0.2, 0) is 4.79 Å². The van der Waals surface area contributed by atoms with Crippen LogP contribution in [0.3, 0.4) is 0 Å². The summed E-state index contributed by atoms with van der Waals surface area (Å²) in [5, 5.41) is 39.0. The van der Waals surface area contributed by atoms with Crippen molar-refractivity contribution in [3.8, 4) is 0 Å². The third-order valence-corrected chi connectivity index (χ3v) is 5.25. The third kappa shape index (κ3) is 8.84. The number of carboxylic acid groups (broad SMARTS) is 1. The van der Waals surface area contributed by atoms with Gasteiger partial charge in [0.15, 0.2) is 0 Å². The fraction of sp³-hybridized carbons (Fsp3) is 0.850. The molecule has 25 heavy (non-hydrogen) atoms. The van der Waals surface area contributed by atoms with Gasteiger partial charge in [0.2, 0.25) is 0 Å². The molecule has 0 radical (unpaired) electrons. The topological polar surface area (TPSA) is 98.0 Å². The highest BCUT2D eigenvalue weighted by Crippen LogP contribution is 2.37. The van der Waals surface area contributed by atoms with Gasteiger partial charge >= 0.3 is 5.97 Å². The second-order valence-corrected chi connectivity index (χ2v) is 7.41. The SMILES string of the molecule is CCCCC[C@H](O)/C=C/[C@H]1[C@H](O)CC(O)[C@@H]1CCCCCCC(=O)O. The molecular weight excluding hydrogens is 320 g/mol. The largest absolute Gasteiger partial charge is 0.481 e. The van der Waals surface area contributed by atoms with Gasteiger partial charge in [0.05, 0.1) is 18.3 Å². The first-order valence-electron chi connectivity index (χ1n) is 9.90. The first-order chi connectivity index (χ1) is 12.0. The molecule has 1 aliphatic rings. The van der Waals surface area contributed by atoms with Crippen LogP contribution in [0.25, 0.3) is 0 Å². The Bertz CT molecular complexity index is 396. The zero-order chi connectivity index (χ0) is 18.7. The van der Waals surface area contributed by atoms with Gasteiger partial charge in [-0.3, -0.25) is 4.79 Å². The Morgan fingerprint density at radius 3 is 2.48 bits per heavy atom. The lowest BCUT2D eigenvalue weighted by Gasteiger charge is -2.21. The highest BCUT2D eigenvalue weighted by Gasteiger charge is 2.39. The molecular formula is C20H36O5. The molecule has 0 aliphatic heterocycles. The number of aliphatic hydroxyl groups is 3. The lowest BCUT2D eigenvalue weighted by atomic mass is 9.88. The molecule has 0 aromatic carbocycles. The minimum absolute atomic E-state index is 0.0218. The normalized spacial score (nSPS) is 27.8. The highest BCUT2D eigenvalue weighted by molar-refractivity contribution is 5.66. The van der Waals surface area contributed by atoms with E-state index >= 15 is 0 Å². The summed E-state index contributed by atoms with van der Waals surface area (Å²) in [6.07, 6.45) is 11.0. The first-order valence-corrected chi connectivity index (χ1v) is 9.90. The van der Waals surface area contributed by atoms with Crippen molar-refractivity contribution in [1.82, 2.24) is 0 Å². The number of hydrogen-bond acceptors (Lipinski definition) is 4. The molecule has 0 aromatic rings. The van der Waals surface area contributed by atoms with Crippen molar-refractivity contribution in [3.63, 3.8) is 0 Å². The van der Waals surface area contributed by atoms with Crippen molar-refractivity contribution in [2.75, 3.05) is 0 Å². The van der Waals surface area contributed by atoms with E-state index in [2.05, 4.69) is 6.92 Å². The van der Waals surface area contributed by atoms with Crippen molar-refractivity contribution in [3.05, 3.63) is 12.2 Å². The highest BCUT2D eigenvalue weighted by atomic mass is 16.4. The van der Waals surface area contributed by atoms with Crippen LogP contribution in [0.1, 0.15) is 77.6 Å². The van der Waals surface area contributed by atoms with Gasteiger partial charge in [-0.05, 0) is 25.2 Å². The van der Waals surface area contributed by atoms with Crippen LogP contribution >= 0.6 is 0 Å². The van der Waals surface area contributed by atoms with Crippen LogP contribution in [0.2, 0.25) is 0 Å². The fourth-order valence-electron chi connectivity index (χ4n) is 3.74. The number of carboxylic acids is 1. The Labute approximate surface area is 151 Å². The molecule has 5 nitrogen and oxygen atoms in total. The van der Waals surface area contributed by atoms with Crippen molar-refractivity contribution in [2.45, 2.75) is 95.9 Å². The molecule has 0 spiro atoms. The Kier molecular flexibility index (Phi) is 11.0. The van der Waals surface area contributed by atoms with E-state index in [1.54, 1.807) is 6.08 Å². The molecule has 1 fully saturated rings. The summed E-state index contributed by atoms with van der Waals surface area (Å²) >= 11 is 0. The van der Waals surface area contributed by atoms with Gasteiger partial charge in [0.25, 0.3) is 0 Å². The van der Waals surface area contributed by atoms with E-state index in [0.29, 0.717) is 12.8 Å². The molecule has 0 aromatic heterocycles. The first kappa shape index (κ1) is 22.1. The summed E-state index contributed by atoms with van der Waals surface area (Å²) in [6, 6.07) is 0. The summed E-state index contributed by atoms with van der Waals surface area (Å²) < 4.78 is 0. The van der Waals surface area contributed by atoms with Gasteiger partial charge in [0.1, 0.15) is 0 Å². The zero-order valence-corrected chi connectivity index (χ0v) is 15.5. The Balaban J connectivity index is 2.38. The van der Waals surface area contributed by atoms with Gasteiger partial charge in [-0.1, -0.05) is 57.6 Å². The third-order valence-electron chi connectivity index (χ3n) is 5.25. The summed E-state index contributed by atoms with van der Waals surface area (Å²) in [6.45, 7) is 2.13. The van der Waals surface area contributed by atoms with Crippen molar-refractivity contribution < 1.29 is 25.2 Å². The second kappa shape index (κ2) is 12.4. The molecule has 1 saturated carbocycles. The van der Waals surface area contributed by atoms with Crippen LogP contribution in [0.5, 0.6) is 0 Å². The molecule has 0 saturated heterocycles. The van der Waals surface area contributed by atoms with E-state index in [4.69, 9.17) is 5.11 Å². The standard InChI is InChI=1S/C20H36O5/c1-2-3-6-9-15(21)12-13-17-16(18(22)14-19(17)23)10-7-4-5-8-11-20(24)25/h12-13,15-19,21-23H,2-11,14H2,1H3,(H,24,25)/b13-12+/t15-,16+,17+,18?,19+/m0/s1. The molecule has 5 atom stereocenters. The van der Waals surface area contributed by atoms with E-state index in [0.717, 1.165) is 51.4 Å². The maximum Gasteiger partial charge on any atom is 0.303 e. The van der Waals surface area contributed by atoms with Crippen LogP contribution in [0, 0.1) is 11.8 Å². The Morgan fingerprint density at radius 2 is 1.80 bits per heavy atom. The molecule has 0 heterocycles. The number of carbonyl (C=O) groups is 1. The summed E-state index contributed by atoms with van der Waals surface area (Å²) in [7, 11) is 0. The van der Waals surface area contributed by atoms with E-state index < -0.39 is 24.3 Å². The molecule has 0 bridgehead atoms. The van der Waals surface area contributed by atoms with E-state index in [1.807, 2.05) is 6.08 Å². The van der Waals surface area contributed by atoms with E-state index in [-0.39, 0.29) is 18.3 Å². The predicted molar refractivity (Wildman–Crippen MR) is 98.2 cm³/mol. The Hall–Kier alpha value is -0.910.